The van der Waals surface area contributed by atoms with Gasteiger partial charge < -0.3 is 16.0 Å². The molecule has 0 bridgehead atoms. The Kier molecular flexibility index (Phi) is 3.45. The number of aromatic nitrogens is 1. The first-order chi connectivity index (χ1) is 8.63. The average molecular weight is 248 g/mol. The number of carbonyl (C=O) groups excluding carboxylic acids is 2. The van der Waals surface area contributed by atoms with Crippen LogP contribution in [0.5, 0.6) is 0 Å². The molecule has 1 aromatic rings. The minimum Gasteiger partial charge on any atom is -0.397 e. The second-order valence-corrected chi connectivity index (χ2v) is 4.25. The first-order valence-corrected chi connectivity index (χ1v) is 5.87. The molecule has 0 radical (unpaired) electrons. The van der Waals surface area contributed by atoms with Gasteiger partial charge in [-0.15, -0.1) is 0 Å². The molecule has 1 saturated heterocycles. The van der Waals surface area contributed by atoms with Gasteiger partial charge in [-0.05, 0) is 25.0 Å². The maximum Gasteiger partial charge on any atom is 0.273 e. The van der Waals surface area contributed by atoms with E-state index >= 15 is 0 Å². The Morgan fingerprint density at radius 2 is 2.28 bits per heavy atom. The molecule has 6 nitrogen and oxygen atoms in total. The standard InChI is InChI=1S/C12H16N4O2/c1-14-11(17)10-3-2-6-16(10)12(18)9-5-4-8(13)7-15-9/h4-5,7,10H,2-3,6,13H2,1H3,(H,14,17). The van der Waals surface area contributed by atoms with Crippen LogP contribution in [0.1, 0.15) is 23.3 Å². The zero-order chi connectivity index (χ0) is 13.1. The van der Waals surface area contributed by atoms with Gasteiger partial charge in [0.15, 0.2) is 0 Å². The molecule has 2 amide bonds. The zero-order valence-corrected chi connectivity index (χ0v) is 10.2. The van der Waals surface area contributed by atoms with E-state index in [9.17, 15) is 9.59 Å². The fraction of sp³-hybridized carbons (Fsp3) is 0.417. The number of amides is 2. The SMILES string of the molecule is CNC(=O)C1CCCN1C(=O)c1ccc(N)cn1. The van der Waals surface area contributed by atoms with E-state index in [4.69, 9.17) is 5.73 Å². The second-order valence-electron chi connectivity index (χ2n) is 4.25. The van der Waals surface area contributed by atoms with Crippen molar-refractivity contribution in [1.29, 1.82) is 0 Å². The van der Waals surface area contributed by atoms with Crippen LogP contribution in [0.3, 0.4) is 0 Å². The largest absolute Gasteiger partial charge is 0.397 e. The summed E-state index contributed by atoms with van der Waals surface area (Å²) in [5.74, 6) is -0.350. The third kappa shape index (κ3) is 2.27. The highest BCUT2D eigenvalue weighted by atomic mass is 16.2. The highest BCUT2D eigenvalue weighted by Gasteiger charge is 2.34. The number of carbonyl (C=O) groups is 2. The van der Waals surface area contributed by atoms with E-state index in [-0.39, 0.29) is 17.9 Å². The Bertz CT molecular complexity index is 458. The third-order valence-electron chi connectivity index (χ3n) is 3.07. The Hall–Kier alpha value is -2.11. The van der Waals surface area contributed by atoms with Gasteiger partial charge in [-0.2, -0.15) is 0 Å². The summed E-state index contributed by atoms with van der Waals surface area (Å²) in [6.07, 6.45) is 2.97. The van der Waals surface area contributed by atoms with Crippen LogP contribution in [-0.4, -0.2) is 41.3 Å². The summed E-state index contributed by atoms with van der Waals surface area (Å²) in [7, 11) is 1.57. The fourth-order valence-corrected chi connectivity index (χ4v) is 2.13. The van der Waals surface area contributed by atoms with E-state index in [1.54, 1.807) is 24.1 Å². The van der Waals surface area contributed by atoms with Crippen molar-refractivity contribution in [2.24, 2.45) is 0 Å². The molecule has 0 saturated carbocycles. The molecule has 1 aromatic heterocycles. The van der Waals surface area contributed by atoms with Gasteiger partial charge >= 0.3 is 0 Å². The van der Waals surface area contributed by atoms with Crippen LogP contribution in [0.4, 0.5) is 5.69 Å². The number of rotatable bonds is 2. The number of likely N-dealkylation sites (N-methyl/N-ethyl adjacent to an activating group) is 1. The summed E-state index contributed by atoms with van der Waals surface area (Å²) in [5, 5.41) is 2.58. The highest BCUT2D eigenvalue weighted by molar-refractivity contribution is 5.96. The molecular formula is C12H16N4O2. The van der Waals surface area contributed by atoms with Gasteiger partial charge in [0.25, 0.3) is 5.91 Å². The molecule has 3 N–H and O–H groups in total. The normalized spacial score (nSPS) is 18.7. The highest BCUT2D eigenvalue weighted by Crippen LogP contribution is 2.19. The van der Waals surface area contributed by atoms with Gasteiger partial charge in [-0.3, -0.25) is 9.59 Å². The number of nitrogens with zero attached hydrogens (tertiary/aromatic N) is 2. The van der Waals surface area contributed by atoms with E-state index in [1.807, 2.05) is 0 Å². The molecule has 6 heteroatoms. The predicted octanol–water partition coefficient (Wildman–Crippen LogP) is 0.0144. The van der Waals surface area contributed by atoms with Crippen molar-refractivity contribution >= 4 is 17.5 Å². The summed E-state index contributed by atoms with van der Waals surface area (Å²) in [5.41, 5.74) is 6.36. The molecule has 0 aromatic carbocycles. The number of nitrogens with two attached hydrogens (primary N) is 1. The summed E-state index contributed by atoms with van der Waals surface area (Å²) in [6.45, 7) is 0.586. The zero-order valence-electron chi connectivity index (χ0n) is 10.2. The summed E-state index contributed by atoms with van der Waals surface area (Å²) >= 11 is 0. The van der Waals surface area contributed by atoms with E-state index < -0.39 is 0 Å². The molecular weight excluding hydrogens is 232 g/mol. The number of anilines is 1. The van der Waals surface area contributed by atoms with E-state index in [1.165, 1.54) is 6.20 Å². The summed E-state index contributed by atoms with van der Waals surface area (Å²) in [4.78, 5) is 29.5. The molecule has 1 unspecified atom stereocenters. The molecule has 0 aliphatic carbocycles. The van der Waals surface area contributed by atoms with Crippen LogP contribution in [0.25, 0.3) is 0 Å². The minimum absolute atomic E-state index is 0.128. The average Bonchev–Trinajstić information content (AvgIpc) is 2.87. The van der Waals surface area contributed by atoms with Gasteiger partial charge in [-0.1, -0.05) is 0 Å². The molecule has 96 valence electrons. The van der Waals surface area contributed by atoms with Crippen molar-refractivity contribution in [2.45, 2.75) is 18.9 Å². The summed E-state index contributed by atoms with van der Waals surface area (Å²) < 4.78 is 0. The molecule has 1 atom stereocenters. The van der Waals surface area contributed by atoms with Gasteiger partial charge in [0, 0.05) is 13.6 Å². The van der Waals surface area contributed by atoms with Crippen LogP contribution in [0.15, 0.2) is 18.3 Å². The lowest BCUT2D eigenvalue weighted by molar-refractivity contribution is -0.124. The lowest BCUT2D eigenvalue weighted by Gasteiger charge is -2.22. The van der Waals surface area contributed by atoms with Crippen LogP contribution in [-0.2, 0) is 4.79 Å². The Morgan fingerprint density at radius 1 is 1.50 bits per heavy atom. The fourth-order valence-electron chi connectivity index (χ4n) is 2.13. The Balaban J connectivity index is 2.17. The number of likely N-dealkylation sites (tertiary alicyclic amines) is 1. The quantitative estimate of drug-likeness (QED) is 0.772. The molecule has 1 aliphatic rings. The smallest absolute Gasteiger partial charge is 0.273 e. The monoisotopic (exact) mass is 248 g/mol. The van der Waals surface area contributed by atoms with Crippen molar-refractivity contribution in [3.8, 4) is 0 Å². The van der Waals surface area contributed by atoms with Crippen LogP contribution in [0, 0.1) is 0 Å². The number of nitrogens with one attached hydrogen (secondary N) is 1. The van der Waals surface area contributed by atoms with Crippen LogP contribution >= 0.6 is 0 Å². The first-order valence-electron chi connectivity index (χ1n) is 5.87. The number of hydrogen-bond acceptors (Lipinski definition) is 4. The van der Waals surface area contributed by atoms with Crippen molar-refractivity contribution in [2.75, 3.05) is 19.3 Å². The summed E-state index contributed by atoms with van der Waals surface area (Å²) in [6, 6.07) is 2.82. The topological polar surface area (TPSA) is 88.3 Å². The van der Waals surface area contributed by atoms with Gasteiger partial charge in [-0.25, -0.2) is 4.98 Å². The van der Waals surface area contributed by atoms with Gasteiger partial charge in [0.1, 0.15) is 11.7 Å². The third-order valence-corrected chi connectivity index (χ3v) is 3.07. The van der Waals surface area contributed by atoms with E-state index in [0.717, 1.165) is 6.42 Å². The first kappa shape index (κ1) is 12.3. The molecule has 18 heavy (non-hydrogen) atoms. The molecule has 1 fully saturated rings. The predicted molar refractivity (Wildman–Crippen MR) is 66.8 cm³/mol. The lowest BCUT2D eigenvalue weighted by atomic mass is 10.2. The molecule has 1 aliphatic heterocycles. The lowest BCUT2D eigenvalue weighted by Crippen LogP contribution is -2.45. The molecule has 0 spiro atoms. The Morgan fingerprint density at radius 3 is 2.89 bits per heavy atom. The minimum atomic E-state index is -0.387. The molecule has 2 heterocycles. The maximum atomic E-state index is 12.2. The molecule has 2 rings (SSSR count). The van der Waals surface area contributed by atoms with E-state index in [2.05, 4.69) is 10.3 Å². The number of nitrogen functional groups attached to an aromatic ring is 1. The van der Waals surface area contributed by atoms with E-state index in [0.29, 0.717) is 24.3 Å². The van der Waals surface area contributed by atoms with Crippen LogP contribution in [0.2, 0.25) is 0 Å². The maximum absolute atomic E-state index is 12.2. The number of hydrogen-bond donors (Lipinski definition) is 2. The van der Waals surface area contributed by atoms with Crippen molar-refractivity contribution in [1.82, 2.24) is 15.2 Å². The second kappa shape index (κ2) is 5.03. The van der Waals surface area contributed by atoms with Gasteiger partial charge in [0.05, 0.1) is 11.9 Å². The van der Waals surface area contributed by atoms with Crippen molar-refractivity contribution < 1.29 is 9.59 Å². The number of pyridine rings is 1. The van der Waals surface area contributed by atoms with Crippen molar-refractivity contribution in [3.63, 3.8) is 0 Å². The van der Waals surface area contributed by atoms with Gasteiger partial charge in [0.2, 0.25) is 5.91 Å². The Labute approximate surface area is 105 Å². The van der Waals surface area contributed by atoms with Crippen LogP contribution < -0.4 is 11.1 Å². The van der Waals surface area contributed by atoms with Crippen molar-refractivity contribution in [3.05, 3.63) is 24.0 Å².